The van der Waals surface area contributed by atoms with Crippen LogP contribution in [0.25, 0.3) is 0 Å². The molecule has 0 saturated heterocycles. The number of carbonyl (C=O) groups is 3. The minimum Gasteiger partial charge on any atom is -0.480 e. The lowest BCUT2D eigenvalue weighted by molar-refractivity contribution is -0.141. The van der Waals surface area contributed by atoms with Crippen LogP contribution >= 0.6 is 0 Å². The lowest BCUT2D eigenvalue weighted by atomic mass is 10.4. The average Bonchev–Trinajstić information content (AvgIpc) is 2.15. The Hall–Kier alpha value is -1.83. The van der Waals surface area contributed by atoms with Gasteiger partial charge in [-0.2, -0.15) is 0 Å². The normalized spacial score (nSPS) is 10.0. The van der Waals surface area contributed by atoms with Gasteiger partial charge in [0.05, 0.1) is 19.7 Å². The summed E-state index contributed by atoms with van der Waals surface area (Å²) >= 11 is 0. The molecule has 0 atom stereocenters. The molecule has 17 heavy (non-hydrogen) atoms. The van der Waals surface area contributed by atoms with Crippen LogP contribution in [-0.2, 0) is 14.3 Å². The molecule has 0 aliphatic heterocycles. The van der Waals surface area contributed by atoms with Crippen molar-refractivity contribution in [3.05, 3.63) is 0 Å². The third kappa shape index (κ3) is 9.12. The van der Waals surface area contributed by atoms with Gasteiger partial charge in [-0.15, -0.1) is 0 Å². The van der Waals surface area contributed by atoms with Gasteiger partial charge >= 0.3 is 18.0 Å². The van der Waals surface area contributed by atoms with E-state index >= 15 is 0 Å². The van der Waals surface area contributed by atoms with Gasteiger partial charge in [-0.25, -0.2) is 4.79 Å². The monoisotopic (exact) mass is 248 g/mol. The molecular weight excluding hydrogens is 232 g/mol. The third-order valence-corrected chi connectivity index (χ3v) is 1.69. The summed E-state index contributed by atoms with van der Waals surface area (Å²) in [5, 5.41) is 19.5. The molecule has 98 valence electrons. The molecule has 0 aromatic carbocycles. The van der Waals surface area contributed by atoms with Gasteiger partial charge in [-0.3, -0.25) is 14.5 Å². The molecule has 3 N–H and O–H groups in total. The first-order valence-electron chi connectivity index (χ1n) is 5.02. The highest BCUT2D eigenvalue weighted by Crippen LogP contribution is 1.88. The van der Waals surface area contributed by atoms with Crippen molar-refractivity contribution in [3.63, 3.8) is 0 Å². The van der Waals surface area contributed by atoms with Gasteiger partial charge in [0.25, 0.3) is 0 Å². The van der Waals surface area contributed by atoms with E-state index in [0.717, 1.165) is 0 Å². The minimum atomic E-state index is -1.12. The van der Waals surface area contributed by atoms with Crippen LogP contribution in [0.3, 0.4) is 0 Å². The van der Waals surface area contributed by atoms with Crippen molar-refractivity contribution in [2.24, 2.45) is 0 Å². The maximum atomic E-state index is 10.9. The molecule has 0 fully saturated rings. The molecule has 0 rings (SSSR count). The third-order valence-electron chi connectivity index (χ3n) is 1.69. The smallest absolute Gasteiger partial charge is 0.407 e. The van der Waals surface area contributed by atoms with Gasteiger partial charge in [0.2, 0.25) is 0 Å². The Morgan fingerprint density at radius 2 is 1.71 bits per heavy atom. The molecule has 0 spiro atoms. The zero-order valence-corrected chi connectivity index (χ0v) is 9.51. The standard InChI is InChI=1S/C9H16N2O6/c1-2-17-9(16)10-3-4-11(5-7(12)13)6-8(14)15/h2-6H2,1H3,(H,10,16)(H,12,13)(H,14,15). The summed E-state index contributed by atoms with van der Waals surface area (Å²) in [6, 6.07) is 0. The first-order chi connectivity index (χ1) is 7.95. The molecule has 0 aliphatic carbocycles. The number of carboxylic acid groups (broad SMARTS) is 2. The summed E-state index contributed by atoms with van der Waals surface area (Å²) in [6.07, 6.45) is -0.613. The molecule has 0 aromatic rings. The van der Waals surface area contributed by atoms with E-state index in [-0.39, 0.29) is 19.7 Å². The Labute approximate surface area is 98.2 Å². The number of carboxylic acids is 2. The zero-order chi connectivity index (χ0) is 13.3. The van der Waals surface area contributed by atoms with Crippen molar-refractivity contribution in [3.8, 4) is 0 Å². The maximum absolute atomic E-state index is 10.9. The Morgan fingerprint density at radius 1 is 1.18 bits per heavy atom. The Balaban J connectivity index is 3.94. The van der Waals surface area contributed by atoms with E-state index in [1.165, 1.54) is 4.90 Å². The van der Waals surface area contributed by atoms with Crippen LogP contribution in [0.1, 0.15) is 6.92 Å². The number of alkyl carbamates (subject to hydrolysis) is 1. The topological polar surface area (TPSA) is 116 Å². The highest BCUT2D eigenvalue weighted by molar-refractivity contribution is 5.72. The van der Waals surface area contributed by atoms with Crippen LogP contribution in [0, 0.1) is 0 Å². The molecule has 1 amide bonds. The zero-order valence-electron chi connectivity index (χ0n) is 9.51. The molecule has 0 heterocycles. The highest BCUT2D eigenvalue weighted by atomic mass is 16.5. The fourth-order valence-electron chi connectivity index (χ4n) is 1.09. The van der Waals surface area contributed by atoms with Crippen LogP contribution < -0.4 is 5.32 Å². The number of hydrogen-bond acceptors (Lipinski definition) is 5. The van der Waals surface area contributed by atoms with E-state index in [9.17, 15) is 14.4 Å². The lowest BCUT2D eigenvalue weighted by Crippen LogP contribution is -2.40. The number of aliphatic carboxylic acids is 2. The number of carbonyl (C=O) groups excluding carboxylic acids is 1. The summed E-state index contributed by atoms with van der Waals surface area (Å²) in [5.74, 6) is -2.25. The van der Waals surface area contributed by atoms with Gasteiger partial charge < -0.3 is 20.3 Å². The number of nitrogens with one attached hydrogen (secondary N) is 1. The fraction of sp³-hybridized carbons (Fsp3) is 0.667. The van der Waals surface area contributed by atoms with E-state index in [4.69, 9.17) is 10.2 Å². The van der Waals surface area contributed by atoms with Crippen molar-refractivity contribution < 1.29 is 29.3 Å². The molecule has 0 aromatic heterocycles. The van der Waals surface area contributed by atoms with Gasteiger partial charge in [0.15, 0.2) is 0 Å². The number of amides is 1. The van der Waals surface area contributed by atoms with E-state index in [2.05, 4.69) is 10.1 Å². The summed E-state index contributed by atoms with van der Waals surface area (Å²) in [5.41, 5.74) is 0. The summed E-state index contributed by atoms with van der Waals surface area (Å²) in [6.45, 7) is 1.35. The van der Waals surface area contributed by atoms with Crippen LogP contribution in [-0.4, -0.2) is 65.9 Å². The Kier molecular flexibility index (Phi) is 7.44. The Bertz CT molecular complexity index is 265. The number of nitrogens with zero attached hydrogens (tertiary/aromatic N) is 1. The van der Waals surface area contributed by atoms with Crippen molar-refractivity contribution in [1.82, 2.24) is 10.2 Å². The number of rotatable bonds is 8. The second-order valence-electron chi connectivity index (χ2n) is 3.15. The molecule has 8 heteroatoms. The molecule has 0 saturated carbocycles. The van der Waals surface area contributed by atoms with E-state index in [1.807, 2.05) is 0 Å². The molecule has 0 aliphatic rings. The van der Waals surface area contributed by atoms with Gasteiger partial charge in [-0.1, -0.05) is 0 Å². The summed E-state index contributed by atoms with van der Waals surface area (Å²) in [4.78, 5) is 33.0. The molecular formula is C9H16N2O6. The van der Waals surface area contributed by atoms with Gasteiger partial charge in [0, 0.05) is 13.1 Å². The molecule has 0 unspecified atom stereocenters. The van der Waals surface area contributed by atoms with E-state index in [1.54, 1.807) is 6.92 Å². The predicted molar refractivity (Wildman–Crippen MR) is 56.7 cm³/mol. The van der Waals surface area contributed by atoms with E-state index in [0.29, 0.717) is 0 Å². The fourth-order valence-corrected chi connectivity index (χ4v) is 1.09. The van der Waals surface area contributed by atoms with E-state index < -0.39 is 31.1 Å². The van der Waals surface area contributed by atoms with Gasteiger partial charge in [-0.05, 0) is 6.92 Å². The maximum Gasteiger partial charge on any atom is 0.407 e. The predicted octanol–water partition coefficient (Wildman–Crippen LogP) is -0.796. The highest BCUT2D eigenvalue weighted by Gasteiger charge is 2.13. The SMILES string of the molecule is CCOC(=O)NCCN(CC(=O)O)CC(=O)O. The van der Waals surface area contributed by atoms with Crippen LogP contribution in [0.15, 0.2) is 0 Å². The first-order valence-corrected chi connectivity index (χ1v) is 5.02. The summed E-state index contributed by atoms with van der Waals surface area (Å²) in [7, 11) is 0. The second-order valence-corrected chi connectivity index (χ2v) is 3.15. The van der Waals surface area contributed by atoms with Crippen LogP contribution in [0.2, 0.25) is 0 Å². The number of ether oxygens (including phenoxy) is 1. The second kappa shape index (κ2) is 8.34. The largest absolute Gasteiger partial charge is 0.480 e. The summed E-state index contributed by atoms with van der Waals surface area (Å²) < 4.78 is 4.58. The van der Waals surface area contributed by atoms with Crippen LogP contribution in [0.4, 0.5) is 4.79 Å². The average molecular weight is 248 g/mol. The van der Waals surface area contributed by atoms with Crippen molar-refractivity contribution in [2.45, 2.75) is 6.92 Å². The van der Waals surface area contributed by atoms with Crippen molar-refractivity contribution in [1.29, 1.82) is 0 Å². The lowest BCUT2D eigenvalue weighted by Gasteiger charge is -2.17. The van der Waals surface area contributed by atoms with Gasteiger partial charge in [0.1, 0.15) is 0 Å². The van der Waals surface area contributed by atoms with Crippen molar-refractivity contribution in [2.75, 3.05) is 32.8 Å². The molecule has 0 radical (unpaired) electrons. The van der Waals surface area contributed by atoms with Crippen LogP contribution in [0.5, 0.6) is 0 Å². The molecule has 8 nitrogen and oxygen atoms in total. The Morgan fingerprint density at radius 3 is 2.12 bits per heavy atom. The first kappa shape index (κ1) is 15.2. The molecule has 0 bridgehead atoms. The quantitative estimate of drug-likeness (QED) is 0.515. The minimum absolute atomic E-state index is 0.122. The van der Waals surface area contributed by atoms with Crippen molar-refractivity contribution >= 4 is 18.0 Å². The number of hydrogen-bond donors (Lipinski definition) is 3.